The van der Waals surface area contributed by atoms with Gasteiger partial charge in [-0.3, -0.25) is 14.7 Å². The summed E-state index contributed by atoms with van der Waals surface area (Å²) in [6.07, 6.45) is 3.55. The minimum atomic E-state index is -0.409. The first-order chi connectivity index (χ1) is 9.69. The Morgan fingerprint density at radius 3 is 2.90 bits per heavy atom. The zero-order chi connectivity index (χ0) is 14.4. The summed E-state index contributed by atoms with van der Waals surface area (Å²) in [6.45, 7) is 2.04. The second-order valence-corrected chi connectivity index (χ2v) is 5.46. The van der Waals surface area contributed by atoms with Crippen LogP contribution in [0.2, 0.25) is 0 Å². The highest BCUT2D eigenvalue weighted by Crippen LogP contribution is 2.17. The topological polar surface area (TPSA) is 79.5 Å². The number of hydrogen-bond donors (Lipinski definition) is 2. The molecule has 0 fully saturated rings. The van der Waals surface area contributed by atoms with E-state index in [1.54, 1.807) is 17.6 Å². The van der Waals surface area contributed by atoms with Gasteiger partial charge in [-0.05, 0) is 17.7 Å². The van der Waals surface area contributed by atoms with Gasteiger partial charge in [-0.2, -0.15) is 0 Å². The number of aromatic nitrogens is 1. The lowest BCUT2D eigenvalue weighted by Gasteiger charge is -2.20. The van der Waals surface area contributed by atoms with Crippen LogP contribution in [0.15, 0.2) is 36.0 Å². The fourth-order valence-electron chi connectivity index (χ4n) is 1.92. The van der Waals surface area contributed by atoms with Crippen molar-refractivity contribution in [2.75, 3.05) is 13.2 Å². The SMILES string of the molecule is NC(=O)c1csc(CN(CCO)Cc2cccnc2)c1. The van der Waals surface area contributed by atoms with E-state index in [0.29, 0.717) is 25.2 Å². The Labute approximate surface area is 121 Å². The average Bonchev–Trinajstić information content (AvgIpc) is 2.89. The Hall–Kier alpha value is -1.76. The normalized spacial score (nSPS) is 10.9. The van der Waals surface area contributed by atoms with E-state index in [2.05, 4.69) is 9.88 Å². The molecule has 2 aromatic rings. The van der Waals surface area contributed by atoms with E-state index in [1.165, 1.54) is 11.3 Å². The molecule has 0 radical (unpaired) electrons. The van der Waals surface area contributed by atoms with Crippen molar-refractivity contribution >= 4 is 17.2 Å². The number of amides is 1. The molecule has 0 aromatic carbocycles. The first kappa shape index (κ1) is 14.6. The number of thiophene rings is 1. The lowest BCUT2D eigenvalue weighted by Crippen LogP contribution is -2.25. The van der Waals surface area contributed by atoms with Crippen LogP contribution in [0, 0.1) is 0 Å². The molecule has 0 atom stereocenters. The number of nitrogens with two attached hydrogens (primary N) is 1. The van der Waals surface area contributed by atoms with Gasteiger partial charge in [-0.15, -0.1) is 11.3 Å². The molecule has 0 unspecified atom stereocenters. The zero-order valence-corrected chi connectivity index (χ0v) is 11.8. The molecular formula is C14H17N3O2S. The predicted molar refractivity (Wildman–Crippen MR) is 78.3 cm³/mol. The van der Waals surface area contributed by atoms with Gasteiger partial charge >= 0.3 is 0 Å². The summed E-state index contributed by atoms with van der Waals surface area (Å²) in [5.74, 6) is -0.409. The Balaban J connectivity index is 2.02. The van der Waals surface area contributed by atoms with Crippen LogP contribution in [-0.4, -0.2) is 34.0 Å². The van der Waals surface area contributed by atoms with E-state index in [4.69, 9.17) is 10.8 Å². The molecule has 0 aliphatic carbocycles. The maximum absolute atomic E-state index is 11.1. The van der Waals surface area contributed by atoms with Crippen molar-refractivity contribution in [3.05, 3.63) is 52.0 Å². The second-order valence-electron chi connectivity index (χ2n) is 4.46. The van der Waals surface area contributed by atoms with Crippen LogP contribution in [-0.2, 0) is 13.1 Å². The molecule has 1 amide bonds. The fourth-order valence-corrected chi connectivity index (χ4v) is 2.83. The van der Waals surface area contributed by atoms with Crippen molar-refractivity contribution < 1.29 is 9.90 Å². The van der Waals surface area contributed by atoms with Gasteiger partial charge < -0.3 is 10.8 Å². The van der Waals surface area contributed by atoms with Crippen LogP contribution < -0.4 is 5.73 Å². The van der Waals surface area contributed by atoms with E-state index < -0.39 is 5.91 Å². The van der Waals surface area contributed by atoms with Gasteiger partial charge in [0, 0.05) is 42.3 Å². The van der Waals surface area contributed by atoms with E-state index >= 15 is 0 Å². The van der Waals surface area contributed by atoms with Crippen molar-refractivity contribution in [2.45, 2.75) is 13.1 Å². The van der Waals surface area contributed by atoms with Gasteiger partial charge in [-0.1, -0.05) is 6.07 Å². The number of carbonyl (C=O) groups is 1. The highest BCUT2D eigenvalue weighted by Gasteiger charge is 2.10. The molecule has 0 bridgehead atoms. The van der Waals surface area contributed by atoms with Gasteiger partial charge in [0.15, 0.2) is 0 Å². The summed E-state index contributed by atoms with van der Waals surface area (Å²) < 4.78 is 0. The molecule has 5 nitrogen and oxygen atoms in total. The van der Waals surface area contributed by atoms with Gasteiger partial charge in [0.25, 0.3) is 0 Å². The molecule has 3 N–H and O–H groups in total. The molecule has 0 saturated heterocycles. The Kier molecular flexibility index (Phi) is 5.23. The predicted octanol–water partition coefficient (Wildman–Crippen LogP) is 1.24. The number of pyridine rings is 1. The lowest BCUT2D eigenvalue weighted by molar-refractivity contribution is 0.100. The molecule has 20 heavy (non-hydrogen) atoms. The molecule has 0 saturated carbocycles. The Morgan fingerprint density at radius 2 is 2.30 bits per heavy atom. The quantitative estimate of drug-likeness (QED) is 0.804. The number of hydrogen-bond acceptors (Lipinski definition) is 5. The third kappa shape index (κ3) is 4.12. The van der Waals surface area contributed by atoms with E-state index in [9.17, 15) is 4.79 Å². The van der Waals surface area contributed by atoms with Crippen molar-refractivity contribution in [2.24, 2.45) is 5.73 Å². The largest absolute Gasteiger partial charge is 0.395 e. The summed E-state index contributed by atoms with van der Waals surface area (Å²) in [5.41, 5.74) is 6.87. The summed E-state index contributed by atoms with van der Waals surface area (Å²) in [7, 11) is 0. The number of aliphatic hydroxyl groups excluding tert-OH is 1. The minimum absolute atomic E-state index is 0.0916. The average molecular weight is 291 g/mol. The third-order valence-corrected chi connectivity index (χ3v) is 3.78. The van der Waals surface area contributed by atoms with Gasteiger partial charge in [0.05, 0.1) is 12.2 Å². The Morgan fingerprint density at radius 1 is 1.45 bits per heavy atom. The number of rotatable bonds is 7. The first-order valence-corrected chi connectivity index (χ1v) is 7.16. The van der Waals surface area contributed by atoms with Gasteiger partial charge in [0.1, 0.15) is 0 Å². The summed E-state index contributed by atoms with van der Waals surface area (Å²) in [5, 5.41) is 10.9. The minimum Gasteiger partial charge on any atom is -0.395 e. The highest BCUT2D eigenvalue weighted by atomic mass is 32.1. The second kappa shape index (κ2) is 7.14. The molecular weight excluding hydrogens is 274 g/mol. The first-order valence-electron chi connectivity index (χ1n) is 6.28. The van der Waals surface area contributed by atoms with Crippen molar-refractivity contribution in [1.82, 2.24) is 9.88 Å². The molecule has 6 heteroatoms. The molecule has 2 heterocycles. The van der Waals surface area contributed by atoms with Crippen LogP contribution in [0.5, 0.6) is 0 Å². The smallest absolute Gasteiger partial charge is 0.249 e. The lowest BCUT2D eigenvalue weighted by atomic mass is 10.2. The van der Waals surface area contributed by atoms with Crippen LogP contribution >= 0.6 is 11.3 Å². The van der Waals surface area contributed by atoms with Crippen LogP contribution in [0.3, 0.4) is 0 Å². The molecule has 2 rings (SSSR count). The number of nitrogens with zero attached hydrogens (tertiary/aromatic N) is 2. The fraction of sp³-hybridized carbons (Fsp3) is 0.286. The summed E-state index contributed by atoms with van der Waals surface area (Å²) in [4.78, 5) is 18.3. The zero-order valence-electron chi connectivity index (χ0n) is 11.0. The molecule has 2 aromatic heterocycles. The van der Waals surface area contributed by atoms with Crippen molar-refractivity contribution in [1.29, 1.82) is 0 Å². The Bertz CT molecular complexity index is 557. The van der Waals surface area contributed by atoms with Crippen LogP contribution in [0.25, 0.3) is 0 Å². The van der Waals surface area contributed by atoms with Gasteiger partial charge in [-0.25, -0.2) is 0 Å². The van der Waals surface area contributed by atoms with Gasteiger partial charge in [0.2, 0.25) is 5.91 Å². The maximum atomic E-state index is 11.1. The summed E-state index contributed by atoms with van der Waals surface area (Å²) in [6, 6.07) is 5.70. The highest BCUT2D eigenvalue weighted by molar-refractivity contribution is 7.10. The van der Waals surface area contributed by atoms with Crippen LogP contribution in [0.4, 0.5) is 0 Å². The third-order valence-electron chi connectivity index (χ3n) is 2.86. The molecule has 106 valence electrons. The molecule has 0 aliphatic rings. The molecule has 0 aliphatic heterocycles. The van der Waals surface area contributed by atoms with Crippen LogP contribution in [0.1, 0.15) is 20.8 Å². The number of primary amides is 1. The van der Waals surface area contributed by atoms with E-state index in [0.717, 1.165) is 10.4 Å². The number of carbonyl (C=O) groups excluding carboxylic acids is 1. The number of aliphatic hydroxyl groups is 1. The summed E-state index contributed by atoms with van der Waals surface area (Å²) >= 11 is 1.50. The van der Waals surface area contributed by atoms with E-state index in [1.807, 2.05) is 18.3 Å². The standard InChI is InChI=1S/C14H17N3O2S/c15-14(19)12-6-13(20-10-12)9-17(4-5-18)8-11-2-1-3-16-7-11/h1-3,6-7,10,18H,4-5,8-9H2,(H2,15,19). The van der Waals surface area contributed by atoms with E-state index in [-0.39, 0.29) is 6.61 Å². The maximum Gasteiger partial charge on any atom is 0.249 e. The monoisotopic (exact) mass is 291 g/mol. The van der Waals surface area contributed by atoms with Crippen molar-refractivity contribution in [3.8, 4) is 0 Å². The molecule has 0 spiro atoms. The van der Waals surface area contributed by atoms with Crippen molar-refractivity contribution in [3.63, 3.8) is 0 Å².